The molecule has 2 N–H and O–H groups in total. The SMILES string of the molecule is Cl.O=C(CNCc1cccnc1)Nc1ccc(OC(F)(F)Cl)cc1. The third kappa shape index (κ3) is 7.54. The largest absolute Gasteiger partial charge is 0.487 e. The molecule has 0 unspecified atom stereocenters. The summed E-state index contributed by atoms with van der Waals surface area (Å²) >= 11 is 4.66. The van der Waals surface area contributed by atoms with E-state index in [1.807, 2.05) is 12.1 Å². The molecular weight excluding hydrogens is 363 g/mol. The predicted molar refractivity (Wildman–Crippen MR) is 89.7 cm³/mol. The van der Waals surface area contributed by atoms with Crippen molar-refractivity contribution in [3.63, 3.8) is 0 Å². The standard InChI is InChI=1S/C15H14ClF2N3O2.ClH/c16-15(17,18)23-13-5-3-12(4-6-13)21-14(22)10-20-9-11-2-1-7-19-8-11;/h1-8,20H,9-10H2,(H,21,22);1H. The fourth-order valence-corrected chi connectivity index (χ4v) is 1.86. The molecule has 5 nitrogen and oxygen atoms in total. The number of hydrogen-bond donors (Lipinski definition) is 2. The molecule has 0 bridgehead atoms. The molecule has 0 aliphatic rings. The lowest BCUT2D eigenvalue weighted by Gasteiger charge is -2.11. The number of alkyl halides is 3. The highest BCUT2D eigenvalue weighted by molar-refractivity contribution is 6.20. The van der Waals surface area contributed by atoms with Gasteiger partial charge in [-0.25, -0.2) is 0 Å². The molecule has 1 aromatic heterocycles. The van der Waals surface area contributed by atoms with Gasteiger partial charge in [0.05, 0.1) is 6.54 Å². The summed E-state index contributed by atoms with van der Waals surface area (Å²) in [6.45, 7) is 0.617. The fraction of sp³-hybridized carbons (Fsp3) is 0.200. The summed E-state index contributed by atoms with van der Waals surface area (Å²) in [5.41, 5.74) is -2.34. The molecule has 0 radical (unpaired) electrons. The molecule has 0 spiro atoms. The summed E-state index contributed by atoms with van der Waals surface area (Å²) in [4.78, 5) is 15.7. The Morgan fingerprint density at radius 2 is 1.96 bits per heavy atom. The third-order valence-electron chi connectivity index (χ3n) is 2.71. The first kappa shape index (κ1) is 20.1. The minimum absolute atomic E-state index is 0. The van der Waals surface area contributed by atoms with Crippen molar-refractivity contribution in [2.75, 3.05) is 11.9 Å². The number of hydrogen-bond acceptors (Lipinski definition) is 4. The third-order valence-corrected chi connectivity index (χ3v) is 2.79. The molecule has 0 saturated carbocycles. The van der Waals surface area contributed by atoms with Crippen molar-refractivity contribution >= 4 is 35.6 Å². The highest BCUT2D eigenvalue weighted by atomic mass is 35.5. The summed E-state index contributed by atoms with van der Waals surface area (Å²) in [5, 5.41) is 5.60. The van der Waals surface area contributed by atoms with Gasteiger partial charge in [-0.2, -0.15) is 0 Å². The first-order valence-electron chi connectivity index (χ1n) is 6.68. The number of anilines is 1. The van der Waals surface area contributed by atoms with E-state index in [9.17, 15) is 13.6 Å². The normalized spacial score (nSPS) is 10.6. The van der Waals surface area contributed by atoms with Gasteiger partial charge < -0.3 is 15.4 Å². The summed E-state index contributed by atoms with van der Waals surface area (Å²) in [6, 6.07) is 9.16. The molecule has 0 atom stereocenters. The van der Waals surface area contributed by atoms with Gasteiger partial charge in [0.2, 0.25) is 5.91 Å². The first-order valence-corrected chi connectivity index (χ1v) is 7.05. The summed E-state index contributed by atoms with van der Waals surface area (Å²) in [6.07, 6.45) is 3.37. The summed E-state index contributed by atoms with van der Waals surface area (Å²) in [7, 11) is 0. The molecule has 0 aliphatic carbocycles. The van der Waals surface area contributed by atoms with Gasteiger partial charge in [0.1, 0.15) is 5.75 Å². The van der Waals surface area contributed by atoms with E-state index < -0.39 is 5.57 Å². The van der Waals surface area contributed by atoms with Crippen molar-refractivity contribution in [1.82, 2.24) is 10.3 Å². The number of amides is 1. The zero-order valence-corrected chi connectivity index (χ0v) is 13.9. The van der Waals surface area contributed by atoms with Crippen LogP contribution >= 0.6 is 24.0 Å². The van der Waals surface area contributed by atoms with Crippen LogP contribution in [0.2, 0.25) is 0 Å². The van der Waals surface area contributed by atoms with Gasteiger partial charge in [-0.15, -0.1) is 21.2 Å². The Balaban J connectivity index is 0.00000288. The number of pyridine rings is 1. The molecule has 130 valence electrons. The second-order valence-corrected chi connectivity index (χ2v) is 5.03. The Labute approximate surface area is 148 Å². The molecule has 2 aromatic rings. The Morgan fingerprint density at radius 3 is 2.54 bits per heavy atom. The van der Waals surface area contributed by atoms with E-state index in [2.05, 4.69) is 32.0 Å². The lowest BCUT2D eigenvalue weighted by molar-refractivity contribution is -0.115. The summed E-state index contributed by atoms with van der Waals surface area (Å²) < 4.78 is 29.1. The van der Waals surface area contributed by atoms with Crippen molar-refractivity contribution in [3.05, 3.63) is 54.4 Å². The Hall–Kier alpha value is -1.96. The van der Waals surface area contributed by atoms with Gasteiger partial charge in [-0.05, 0) is 35.9 Å². The zero-order chi connectivity index (χ0) is 16.7. The van der Waals surface area contributed by atoms with E-state index in [0.717, 1.165) is 5.56 Å². The molecular formula is C15H15Cl2F2N3O2. The number of nitrogens with zero attached hydrogens (tertiary/aromatic N) is 1. The van der Waals surface area contributed by atoms with Crippen LogP contribution in [0.25, 0.3) is 0 Å². The van der Waals surface area contributed by atoms with Gasteiger partial charge in [-0.1, -0.05) is 6.07 Å². The van der Waals surface area contributed by atoms with Crippen LogP contribution in [-0.4, -0.2) is 23.0 Å². The molecule has 2 rings (SSSR count). The van der Waals surface area contributed by atoms with Crippen molar-refractivity contribution in [2.24, 2.45) is 0 Å². The van der Waals surface area contributed by atoms with Crippen LogP contribution in [0.5, 0.6) is 5.75 Å². The molecule has 0 fully saturated rings. The van der Waals surface area contributed by atoms with Crippen molar-refractivity contribution in [3.8, 4) is 5.75 Å². The average molecular weight is 378 g/mol. The Morgan fingerprint density at radius 1 is 1.25 bits per heavy atom. The lowest BCUT2D eigenvalue weighted by atomic mass is 10.3. The number of ether oxygens (including phenoxy) is 1. The summed E-state index contributed by atoms with van der Waals surface area (Å²) in [5.74, 6) is -0.358. The minimum atomic E-state index is -3.76. The van der Waals surface area contributed by atoms with Crippen LogP contribution in [0.3, 0.4) is 0 Å². The van der Waals surface area contributed by atoms with Crippen molar-refractivity contribution < 1.29 is 18.3 Å². The highest BCUT2D eigenvalue weighted by Gasteiger charge is 2.27. The Kier molecular flexibility index (Phi) is 7.84. The number of carbonyl (C=O) groups is 1. The fourth-order valence-electron chi connectivity index (χ4n) is 1.77. The van der Waals surface area contributed by atoms with Gasteiger partial charge in [0, 0.05) is 36.2 Å². The molecule has 0 saturated heterocycles. The van der Waals surface area contributed by atoms with Crippen LogP contribution in [0, 0.1) is 0 Å². The second kappa shape index (κ2) is 9.36. The molecule has 1 aromatic carbocycles. The quantitative estimate of drug-likeness (QED) is 0.725. The maximum Gasteiger partial charge on any atom is 0.487 e. The molecule has 1 heterocycles. The monoisotopic (exact) mass is 377 g/mol. The van der Waals surface area contributed by atoms with Crippen LogP contribution in [0.15, 0.2) is 48.8 Å². The van der Waals surface area contributed by atoms with E-state index in [1.165, 1.54) is 24.3 Å². The average Bonchev–Trinajstić information content (AvgIpc) is 2.49. The number of halogens is 4. The second-order valence-electron chi connectivity index (χ2n) is 4.59. The first-order chi connectivity index (χ1) is 10.9. The lowest BCUT2D eigenvalue weighted by Crippen LogP contribution is -2.27. The smallest absolute Gasteiger partial charge is 0.420 e. The van der Waals surface area contributed by atoms with Gasteiger partial charge >= 0.3 is 5.57 Å². The maximum absolute atomic E-state index is 12.5. The van der Waals surface area contributed by atoms with E-state index in [4.69, 9.17) is 0 Å². The van der Waals surface area contributed by atoms with Gasteiger partial charge in [0.25, 0.3) is 0 Å². The van der Waals surface area contributed by atoms with Crippen LogP contribution in [0.4, 0.5) is 14.5 Å². The van der Waals surface area contributed by atoms with E-state index in [1.54, 1.807) is 12.4 Å². The number of carbonyl (C=O) groups excluding carboxylic acids is 1. The molecule has 0 aliphatic heterocycles. The van der Waals surface area contributed by atoms with E-state index >= 15 is 0 Å². The molecule has 1 amide bonds. The number of rotatable bonds is 7. The highest BCUT2D eigenvalue weighted by Crippen LogP contribution is 2.25. The van der Waals surface area contributed by atoms with E-state index in [-0.39, 0.29) is 30.6 Å². The molecule has 24 heavy (non-hydrogen) atoms. The van der Waals surface area contributed by atoms with Crippen LogP contribution in [-0.2, 0) is 11.3 Å². The van der Waals surface area contributed by atoms with Gasteiger partial charge in [-0.3, -0.25) is 9.78 Å². The predicted octanol–water partition coefficient (Wildman–Crippen LogP) is 3.40. The van der Waals surface area contributed by atoms with E-state index in [0.29, 0.717) is 12.2 Å². The van der Waals surface area contributed by atoms with Crippen molar-refractivity contribution in [2.45, 2.75) is 12.1 Å². The number of nitrogens with one attached hydrogen (secondary N) is 2. The van der Waals surface area contributed by atoms with Crippen molar-refractivity contribution in [1.29, 1.82) is 0 Å². The Bertz CT molecular complexity index is 637. The maximum atomic E-state index is 12.5. The topological polar surface area (TPSA) is 63.2 Å². The molecule has 9 heteroatoms. The zero-order valence-electron chi connectivity index (χ0n) is 12.3. The van der Waals surface area contributed by atoms with Crippen LogP contribution in [0.1, 0.15) is 5.56 Å². The number of benzene rings is 1. The van der Waals surface area contributed by atoms with Gasteiger partial charge in [0.15, 0.2) is 0 Å². The minimum Gasteiger partial charge on any atom is -0.420 e. The number of aromatic nitrogens is 1. The van der Waals surface area contributed by atoms with Crippen LogP contribution < -0.4 is 15.4 Å².